The third-order valence-electron chi connectivity index (χ3n) is 4.13. The van der Waals surface area contributed by atoms with Crippen molar-refractivity contribution >= 4 is 34.3 Å². The highest BCUT2D eigenvalue weighted by atomic mass is 32.2. The summed E-state index contributed by atoms with van der Waals surface area (Å²) in [6.07, 6.45) is 0. The lowest BCUT2D eigenvalue weighted by Gasteiger charge is -2.15. The fourth-order valence-corrected chi connectivity index (χ4v) is 3.65. The van der Waals surface area contributed by atoms with Crippen molar-refractivity contribution in [3.05, 3.63) is 58.9 Å². The first-order valence-corrected chi connectivity index (χ1v) is 9.52. The molecule has 27 heavy (non-hydrogen) atoms. The number of benzene rings is 2. The fraction of sp³-hybridized carbons (Fsp3) is 0.250. The second-order valence-corrected chi connectivity index (χ2v) is 7.25. The fourth-order valence-electron chi connectivity index (χ4n) is 2.67. The molecule has 1 heterocycles. The molecule has 0 aliphatic carbocycles. The summed E-state index contributed by atoms with van der Waals surface area (Å²) >= 11 is 1.27. The van der Waals surface area contributed by atoms with Gasteiger partial charge in [0, 0.05) is 18.3 Å². The molecule has 3 rings (SSSR count). The van der Waals surface area contributed by atoms with Gasteiger partial charge < -0.3 is 10.1 Å². The van der Waals surface area contributed by atoms with Crippen LogP contribution in [-0.4, -0.2) is 27.8 Å². The first kappa shape index (κ1) is 19.0. The molecule has 1 amide bonds. The van der Waals surface area contributed by atoms with Gasteiger partial charge in [-0.05, 0) is 38.1 Å². The molecule has 0 radical (unpaired) electrons. The van der Waals surface area contributed by atoms with Gasteiger partial charge in [0.1, 0.15) is 5.75 Å². The number of carbonyl (C=O) groups is 1. The van der Waals surface area contributed by atoms with Crippen molar-refractivity contribution in [3.8, 4) is 5.75 Å². The van der Waals surface area contributed by atoms with Gasteiger partial charge in [0.25, 0.3) is 5.56 Å². The zero-order chi connectivity index (χ0) is 19.4. The van der Waals surface area contributed by atoms with Crippen LogP contribution in [0.2, 0.25) is 0 Å². The Labute approximate surface area is 161 Å². The summed E-state index contributed by atoms with van der Waals surface area (Å²) in [5.74, 6) is 0.502. The molecule has 1 N–H and O–H groups in total. The average Bonchev–Trinajstić information content (AvgIpc) is 2.68. The van der Waals surface area contributed by atoms with Gasteiger partial charge >= 0.3 is 0 Å². The summed E-state index contributed by atoms with van der Waals surface area (Å²) in [6, 6.07) is 14.4. The molecule has 7 heteroatoms. The minimum absolute atomic E-state index is 0.0917. The predicted octanol–water partition coefficient (Wildman–Crippen LogP) is 3.54. The number of anilines is 1. The van der Waals surface area contributed by atoms with Crippen molar-refractivity contribution in [3.63, 3.8) is 0 Å². The van der Waals surface area contributed by atoms with Gasteiger partial charge in [-0.25, -0.2) is 4.98 Å². The Morgan fingerprint density at radius 2 is 2.04 bits per heavy atom. The molecule has 0 bridgehead atoms. The molecule has 0 unspecified atom stereocenters. The monoisotopic (exact) mass is 383 g/mol. The molecule has 0 aliphatic rings. The number of hydrogen-bond acceptors (Lipinski definition) is 5. The highest BCUT2D eigenvalue weighted by Crippen LogP contribution is 2.24. The van der Waals surface area contributed by atoms with Gasteiger partial charge in [-0.2, -0.15) is 0 Å². The molecular formula is C20H21N3O3S. The van der Waals surface area contributed by atoms with Crippen LogP contribution in [0.15, 0.2) is 58.5 Å². The molecule has 0 saturated carbocycles. The van der Waals surface area contributed by atoms with E-state index in [0.717, 1.165) is 0 Å². The van der Waals surface area contributed by atoms with Gasteiger partial charge in [0.2, 0.25) is 5.91 Å². The van der Waals surface area contributed by atoms with Crippen LogP contribution < -0.4 is 15.6 Å². The summed E-state index contributed by atoms with van der Waals surface area (Å²) in [5, 5.41) is 3.56. The number of carbonyl (C=O) groups excluding carboxylic acids is 1. The summed E-state index contributed by atoms with van der Waals surface area (Å²) in [4.78, 5) is 29.9. The number of amides is 1. The van der Waals surface area contributed by atoms with Crippen LogP contribution >= 0.6 is 11.8 Å². The van der Waals surface area contributed by atoms with E-state index in [1.165, 1.54) is 11.8 Å². The Bertz CT molecular complexity index is 1030. The van der Waals surface area contributed by atoms with Crippen molar-refractivity contribution in [1.29, 1.82) is 0 Å². The molecule has 140 valence electrons. The number of fused-ring (bicyclic) bond motifs is 1. The van der Waals surface area contributed by atoms with E-state index in [2.05, 4.69) is 10.3 Å². The normalized spacial score (nSPS) is 12.0. The lowest BCUT2D eigenvalue weighted by atomic mass is 10.2. The van der Waals surface area contributed by atoms with E-state index >= 15 is 0 Å². The first-order valence-electron chi connectivity index (χ1n) is 8.64. The number of para-hydroxylation sites is 1. The highest BCUT2D eigenvalue weighted by molar-refractivity contribution is 8.00. The van der Waals surface area contributed by atoms with Gasteiger partial charge in [0.05, 0.1) is 23.3 Å². The van der Waals surface area contributed by atoms with E-state index in [9.17, 15) is 9.59 Å². The molecular weight excluding hydrogens is 362 g/mol. The van der Waals surface area contributed by atoms with Crippen molar-refractivity contribution in [2.75, 3.05) is 12.4 Å². The van der Waals surface area contributed by atoms with E-state index in [1.54, 1.807) is 36.8 Å². The van der Waals surface area contributed by atoms with Crippen molar-refractivity contribution in [2.24, 2.45) is 0 Å². The molecule has 1 aromatic heterocycles. The Morgan fingerprint density at radius 3 is 2.78 bits per heavy atom. The van der Waals surface area contributed by atoms with Crippen LogP contribution in [0.4, 0.5) is 5.69 Å². The summed E-state index contributed by atoms with van der Waals surface area (Å²) in [6.45, 7) is 4.17. The molecule has 0 spiro atoms. The van der Waals surface area contributed by atoms with E-state index in [-0.39, 0.29) is 11.5 Å². The number of methoxy groups -OCH3 is 1. The molecule has 6 nitrogen and oxygen atoms in total. The van der Waals surface area contributed by atoms with E-state index in [1.807, 2.05) is 37.3 Å². The van der Waals surface area contributed by atoms with Crippen molar-refractivity contribution in [1.82, 2.24) is 9.55 Å². The molecule has 0 aliphatic heterocycles. The van der Waals surface area contributed by atoms with Gasteiger partial charge in [-0.1, -0.05) is 30.0 Å². The maximum absolute atomic E-state index is 12.7. The lowest BCUT2D eigenvalue weighted by molar-refractivity contribution is -0.115. The summed E-state index contributed by atoms with van der Waals surface area (Å²) in [7, 11) is 1.58. The second kappa shape index (κ2) is 8.26. The van der Waals surface area contributed by atoms with Crippen LogP contribution in [0.5, 0.6) is 5.75 Å². The SMILES string of the molecule is CCn1c(S[C@H](C)C(=O)Nc2cccc(OC)c2)nc2ccccc2c1=O. The Balaban J connectivity index is 1.83. The van der Waals surface area contributed by atoms with Crippen molar-refractivity contribution < 1.29 is 9.53 Å². The third kappa shape index (κ3) is 4.14. The number of rotatable bonds is 6. The number of ether oxygens (including phenoxy) is 1. The molecule has 0 fully saturated rings. The van der Waals surface area contributed by atoms with E-state index < -0.39 is 5.25 Å². The maximum Gasteiger partial charge on any atom is 0.262 e. The summed E-state index contributed by atoms with van der Waals surface area (Å²) < 4.78 is 6.77. The van der Waals surface area contributed by atoms with Crippen molar-refractivity contribution in [2.45, 2.75) is 30.8 Å². The zero-order valence-electron chi connectivity index (χ0n) is 15.4. The molecule has 0 saturated heterocycles. The molecule has 2 aromatic carbocycles. The van der Waals surface area contributed by atoms with Gasteiger partial charge in [0.15, 0.2) is 5.16 Å². The number of nitrogens with one attached hydrogen (secondary N) is 1. The number of thioether (sulfide) groups is 1. The predicted molar refractivity (Wildman–Crippen MR) is 109 cm³/mol. The quantitative estimate of drug-likeness (QED) is 0.521. The lowest BCUT2D eigenvalue weighted by Crippen LogP contribution is -2.26. The highest BCUT2D eigenvalue weighted by Gasteiger charge is 2.19. The average molecular weight is 383 g/mol. The smallest absolute Gasteiger partial charge is 0.262 e. The van der Waals surface area contributed by atoms with Crippen LogP contribution in [0.25, 0.3) is 10.9 Å². The topological polar surface area (TPSA) is 73.2 Å². The van der Waals surface area contributed by atoms with Gasteiger partial charge in [-0.3, -0.25) is 14.2 Å². The Kier molecular flexibility index (Phi) is 5.81. The molecule has 1 atom stereocenters. The number of nitrogens with zero attached hydrogens (tertiary/aromatic N) is 2. The minimum atomic E-state index is -0.429. The minimum Gasteiger partial charge on any atom is -0.497 e. The Morgan fingerprint density at radius 1 is 1.26 bits per heavy atom. The maximum atomic E-state index is 12.7. The van der Waals surface area contributed by atoms with Gasteiger partial charge in [-0.15, -0.1) is 0 Å². The van der Waals surface area contributed by atoms with Crippen LogP contribution in [-0.2, 0) is 11.3 Å². The largest absolute Gasteiger partial charge is 0.497 e. The van der Waals surface area contributed by atoms with Crippen LogP contribution in [0, 0.1) is 0 Å². The second-order valence-electron chi connectivity index (χ2n) is 5.94. The van der Waals surface area contributed by atoms with E-state index in [4.69, 9.17) is 4.74 Å². The first-order chi connectivity index (χ1) is 13.0. The number of hydrogen-bond donors (Lipinski definition) is 1. The van der Waals surface area contributed by atoms with E-state index in [0.29, 0.717) is 34.0 Å². The number of aromatic nitrogens is 2. The van der Waals surface area contributed by atoms with Crippen LogP contribution in [0.1, 0.15) is 13.8 Å². The summed E-state index contributed by atoms with van der Waals surface area (Å²) in [5.41, 5.74) is 1.20. The standard InChI is InChI=1S/C20H21N3O3S/c1-4-23-19(25)16-10-5-6-11-17(16)22-20(23)27-13(2)18(24)21-14-8-7-9-15(12-14)26-3/h5-13H,4H2,1-3H3,(H,21,24)/t13-/m1/s1. The molecule has 3 aromatic rings. The van der Waals surface area contributed by atoms with Crippen LogP contribution in [0.3, 0.4) is 0 Å². The Hall–Kier alpha value is -2.80. The third-order valence-corrected chi connectivity index (χ3v) is 5.22. The zero-order valence-corrected chi connectivity index (χ0v) is 16.2.